The molecular formula is C23H32Cl2N4O3. The maximum absolute atomic E-state index is 13.6. The molecule has 1 saturated carbocycles. The number of nitrogens with zero attached hydrogens (tertiary/aromatic N) is 4. The second-order valence-electron chi connectivity index (χ2n) is 9.83. The maximum Gasteiger partial charge on any atom is 0.411 e. The van der Waals surface area contributed by atoms with Crippen LogP contribution in [0.1, 0.15) is 33.6 Å². The lowest BCUT2D eigenvalue weighted by atomic mass is 10.1. The number of carbonyl (C=O) groups excluding carboxylic acids is 2. The molecule has 32 heavy (non-hydrogen) atoms. The minimum atomic E-state index is -0.593. The van der Waals surface area contributed by atoms with Gasteiger partial charge in [0.05, 0.1) is 10.0 Å². The zero-order chi connectivity index (χ0) is 23.0. The van der Waals surface area contributed by atoms with Crippen LogP contribution >= 0.6 is 23.2 Å². The number of hydrogen-bond donors (Lipinski definition) is 0. The first-order valence-electron chi connectivity index (χ1n) is 11.3. The third kappa shape index (κ3) is 5.43. The summed E-state index contributed by atoms with van der Waals surface area (Å²) in [5.74, 6) is 0.00926. The fourth-order valence-corrected chi connectivity index (χ4v) is 4.70. The molecule has 9 heteroatoms. The van der Waals surface area contributed by atoms with Gasteiger partial charge in [-0.25, -0.2) is 4.79 Å². The van der Waals surface area contributed by atoms with Crippen molar-refractivity contribution in [2.75, 3.05) is 50.7 Å². The molecule has 2 amide bonds. The molecule has 2 saturated heterocycles. The third-order valence-electron chi connectivity index (χ3n) is 6.25. The highest BCUT2D eigenvalue weighted by molar-refractivity contribution is 6.42. The van der Waals surface area contributed by atoms with Crippen molar-refractivity contribution in [1.82, 2.24) is 14.7 Å². The van der Waals surface area contributed by atoms with Crippen molar-refractivity contribution >= 4 is 40.9 Å². The lowest BCUT2D eigenvalue weighted by molar-refractivity contribution is -0.139. The van der Waals surface area contributed by atoms with E-state index >= 15 is 0 Å². The number of amides is 2. The van der Waals surface area contributed by atoms with E-state index in [9.17, 15) is 9.59 Å². The van der Waals surface area contributed by atoms with Gasteiger partial charge in [-0.15, -0.1) is 0 Å². The van der Waals surface area contributed by atoms with Crippen LogP contribution < -0.4 is 4.90 Å². The molecule has 1 aliphatic carbocycles. The SMILES string of the molecule is CC(C)(C)OC(=O)N1CCN(C2CC2)C[C@@H]1C(=O)N1CCN(c2ccc(Cl)c(Cl)c2)CC1. The minimum absolute atomic E-state index is 0.00926. The van der Waals surface area contributed by atoms with Gasteiger partial charge in [0.25, 0.3) is 0 Å². The van der Waals surface area contributed by atoms with E-state index in [-0.39, 0.29) is 5.91 Å². The quantitative estimate of drug-likeness (QED) is 0.656. The van der Waals surface area contributed by atoms with Gasteiger partial charge in [-0.1, -0.05) is 23.2 Å². The van der Waals surface area contributed by atoms with Crippen LogP contribution in [0.3, 0.4) is 0 Å². The Kier molecular flexibility index (Phi) is 6.80. The van der Waals surface area contributed by atoms with Crippen LogP contribution in [0.5, 0.6) is 0 Å². The Morgan fingerprint density at radius 2 is 1.66 bits per heavy atom. The van der Waals surface area contributed by atoms with E-state index in [1.165, 1.54) is 12.8 Å². The molecule has 1 aromatic carbocycles. The normalized spacial score (nSPS) is 22.8. The Hall–Kier alpha value is -1.70. The molecule has 0 aromatic heterocycles. The summed E-state index contributed by atoms with van der Waals surface area (Å²) < 4.78 is 5.62. The zero-order valence-corrected chi connectivity index (χ0v) is 20.5. The number of benzene rings is 1. The summed E-state index contributed by atoms with van der Waals surface area (Å²) in [7, 11) is 0. The maximum atomic E-state index is 13.6. The van der Waals surface area contributed by atoms with Gasteiger partial charge in [0.2, 0.25) is 5.91 Å². The molecule has 0 radical (unpaired) electrons. The van der Waals surface area contributed by atoms with Crippen molar-refractivity contribution in [3.8, 4) is 0 Å². The topological polar surface area (TPSA) is 56.3 Å². The molecule has 7 nitrogen and oxygen atoms in total. The lowest BCUT2D eigenvalue weighted by Crippen LogP contribution is -2.63. The summed E-state index contributed by atoms with van der Waals surface area (Å²) in [4.78, 5) is 34.5. The first kappa shape index (κ1) is 23.5. The fourth-order valence-electron chi connectivity index (χ4n) is 4.40. The van der Waals surface area contributed by atoms with Crippen LogP contribution in [0.15, 0.2) is 18.2 Å². The zero-order valence-electron chi connectivity index (χ0n) is 19.0. The van der Waals surface area contributed by atoms with Gasteiger partial charge >= 0.3 is 6.09 Å². The van der Waals surface area contributed by atoms with Gasteiger partial charge in [0.15, 0.2) is 0 Å². The second kappa shape index (κ2) is 9.27. The molecule has 1 atom stereocenters. The highest BCUT2D eigenvalue weighted by atomic mass is 35.5. The van der Waals surface area contributed by atoms with E-state index < -0.39 is 17.7 Å². The fraction of sp³-hybridized carbons (Fsp3) is 0.652. The van der Waals surface area contributed by atoms with Crippen LogP contribution in [-0.4, -0.2) is 90.2 Å². The van der Waals surface area contributed by atoms with Crippen LogP contribution in [0.4, 0.5) is 10.5 Å². The largest absolute Gasteiger partial charge is 0.444 e. The number of ether oxygens (including phenoxy) is 1. The first-order chi connectivity index (χ1) is 15.1. The molecule has 0 N–H and O–H groups in total. The number of anilines is 1. The summed E-state index contributed by atoms with van der Waals surface area (Å²) in [6.07, 6.45) is 1.95. The minimum Gasteiger partial charge on any atom is -0.444 e. The van der Waals surface area contributed by atoms with E-state index in [1.807, 2.05) is 37.8 Å². The average molecular weight is 483 g/mol. The number of halogens is 2. The Labute approximate surface area is 200 Å². The Balaban J connectivity index is 1.42. The lowest BCUT2D eigenvalue weighted by Gasteiger charge is -2.44. The Morgan fingerprint density at radius 3 is 2.25 bits per heavy atom. The Bertz CT molecular complexity index is 863. The molecular weight excluding hydrogens is 451 g/mol. The van der Waals surface area contributed by atoms with Crippen molar-refractivity contribution in [2.24, 2.45) is 0 Å². The molecule has 3 aliphatic rings. The molecule has 1 aromatic rings. The molecule has 4 rings (SSSR count). The van der Waals surface area contributed by atoms with E-state index in [1.54, 1.807) is 11.0 Å². The number of hydrogen-bond acceptors (Lipinski definition) is 5. The summed E-state index contributed by atoms with van der Waals surface area (Å²) in [6, 6.07) is 5.66. The van der Waals surface area contributed by atoms with Gasteiger partial charge in [-0.05, 0) is 51.8 Å². The molecule has 3 fully saturated rings. The van der Waals surface area contributed by atoms with E-state index in [4.69, 9.17) is 27.9 Å². The number of rotatable bonds is 3. The van der Waals surface area contributed by atoms with Crippen LogP contribution in [0.25, 0.3) is 0 Å². The van der Waals surface area contributed by atoms with Crippen molar-refractivity contribution in [3.05, 3.63) is 28.2 Å². The van der Waals surface area contributed by atoms with E-state index in [0.717, 1.165) is 12.2 Å². The van der Waals surface area contributed by atoms with Crippen LogP contribution in [-0.2, 0) is 9.53 Å². The van der Waals surface area contributed by atoms with Gasteiger partial charge in [-0.2, -0.15) is 0 Å². The molecule has 176 valence electrons. The predicted molar refractivity (Wildman–Crippen MR) is 127 cm³/mol. The van der Waals surface area contributed by atoms with Gasteiger partial charge < -0.3 is 14.5 Å². The van der Waals surface area contributed by atoms with Gasteiger partial charge in [0.1, 0.15) is 11.6 Å². The summed E-state index contributed by atoms with van der Waals surface area (Å²) >= 11 is 12.2. The van der Waals surface area contributed by atoms with E-state index in [2.05, 4.69) is 9.80 Å². The van der Waals surface area contributed by atoms with Crippen LogP contribution in [0, 0.1) is 0 Å². The van der Waals surface area contributed by atoms with Crippen molar-refractivity contribution < 1.29 is 14.3 Å². The standard InChI is InChI=1S/C23H32Cl2N4O3/c1-23(2,3)32-22(31)29-13-12-28(16-4-5-16)15-20(29)21(30)27-10-8-26(9-11-27)17-6-7-18(24)19(25)14-17/h6-7,14,16,20H,4-5,8-13,15H2,1-3H3/t20-/m1/s1. The molecule has 0 unspecified atom stereocenters. The monoisotopic (exact) mass is 482 g/mol. The summed E-state index contributed by atoms with van der Waals surface area (Å²) in [5, 5.41) is 1.06. The number of piperazine rings is 2. The Morgan fingerprint density at radius 1 is 0.969 bits per heavy atom. The highest BCUT2D eigenvalue weighted by Gasteiger charge is 2.43. The molecule has 2 aliphatic heterocycles. The third-order valence-corrected chi connectivity index (χ3v) is 6.99. The van der Waals surface area contributed by atoms with Gasteiger partial charge in [0, 0.05) is 57.5 Å². The van der Waals surface area contributed by atoms with Crippen molar-refractivity contribution in [1.29, 1.82) is 0 Å². The van der Waals surface area contributed by atoms with Crippen LogP contribution in [0.2, 0.25) is 10.0 Å². The average Bonchev–Trinajstić information content (AvgIpc) is 3.59. The molecule has 2 heterocycles. The molecule has 0 bridgehead atoms. The second-order valence-corrected chi connectivity index (χ2v) is 10.6. The van der Waals surface area contributed by atoms with E-state index in [0.29, 0.717) is 55.4 Å². The van der Waals surface area contributed by atoms with Gasteiger partial charge in [-0.3, -0.25) is 14.6 Å². The number of carbonyl (C=O) groups is 2. The van der Waals surface area contributed by atoms with Crippen molar-refractivity contribution in [2.45, 2.75) is 51.3 Å². The predicted octanol–water partition coefficient (Wildman–Crippen LogP) is 3.73. The van der Waals surface area contributed by atoms with Crippen molar-refractivity contribution in [3.63, 3.8) is 0 Å². The molecule has 0 spiro atoms. The smallest absolute Gasteiger partial charge is 0.411 e. The highest BCUT2D eigenvalue weighted by Crippen LogP contribution is 2.31. The summed E-state index contributed by atoms with van der Waals surface area (Å²) in [6.45, 7) is 10.0. The summed E-state index contributed by atoms with van der Waals surface area (Å²) in [5.41, 5.74) is 0.406. The first-order valence-corrected chi connectivity index (χ1v) is 12.1.